The van der Waals surface area contributed by atoms with E-state index in [1.807, 2.05) is 35.5 Å². The maximum absolute atomic E-state index is 12.0. The highest BCUT2D eigenvalue weighted by Crippen LogP contribution is 2.29. The van der Waals surface area contributed by atoms with Gasteiger partial charge in [-0.1, -0.05) is 29.3 Å². The number of halogens is 2. The summed E-state index contributed by atoms with van der Waals surface area (Å²) in [4.78, 5) is 12.0. The van der Waals surface area contributed by atoms with Crippen LogP contribution in [0, 0.1) is 6.92 Å². The lowest BCUT2D eigenvalue weighted by Gasteiger charge is -2.08. The molecule has 4 nitrogen and oxygen atoms in total. The Morgan fingerprint density at radius 2 is 2.00 bits per heavy atom. The number of hydrogen-bond donors (Lipinski definition) is 1. The van der Waals surface area contributed by atoms with E-state index in [0.29, 0.717) is 15.7 Å². The number of benzene rings is 1. The quantitative estimate of drug-likeness (QED) is 0.869. The second-order valence-corrected chi connectivity index (χ2v) is 5.04. The lowest BCUT2D eigenvalue weighted by Crippen LogP contribution is -2.31. The maximum Gasteiger partial charge on any atom is 0.266 e. The Morgan fingerprint density at radius 3 is 2.53 bits per heavy atom. The van der Waals surface area contributed by atoms with Crippen molar-refractivity contribution >= 4 is 34.8 Å². The number of aromatic nitrogens is 2. The van der Waals surface area contributed by atoms with Gasteiger partial charge in [-0.3, -0.25) is 4.79 Å². The molecule has 6 heteroatoms. The van der Waals surface area contributed by atoms with Gasteiger partial charge in [-0.15, -0.1) is 0 Å². The molecule has 0 saturated carbocycles. The zero-order chi connectivity index (χ0) is 14.0. The molecule has 0 saturated heterocycles. The molecule has 1 aromatic heterocycles. The van der Waals surface area contributed by atoms with Crippen molar-refractivity contribution in [2.45, 2.75) is 13.5 Å². The second kappa shape index (κ2) is 5.63. The fourth-order valence-electron chi connectivity index (χ4n) is 1.72. The molecule has 0 spiro atoms. The van der Waals surface area contributed by atoms with E-state index in [0.717, 1.165) is 5.82 Å². The second-order valence-electron chi connectivity index (χ2n) is 4.23. The molecule has 0 aliphatic carbocycles. The molecule has 0 fully saturated rings. The lowest BCUT2D eigenvalue weighted by atomic mass is 10.3. The summed E-state index contributed by atoms with van der Waals surface area (Å²) >= 11 is 12.0. The van der Waals surface area contributed by atoms with Gasteiger partial charge in [0, 0.05) is 6.92 Å². The van der Waals surface area contributed by atoms with Crippen molar-refractivity contribution in [1.29, 1.82) is 0 Å². The van der Waals surface area contributed by atoms with E-state index in [1.54, 1.807) is 18.2 Å². The van der Waals surface area contributed by atoms with Crippen molar-refractivity contribution in [2.75, 3.05) is 5.32 Å². The molecule has 1 aromatic carbocycles. The summed E-state index contributed by atoms with van der Waals surface area (Å²) in [5, 5.41) is 3.58. The minimum Gasteiger partial charge on any atom is -0.320 e. The molecule has 1 amide bonds. The van der Waals surface area contributed by atoms with Gasteiger partial charge in [0.2, 0.25) is 0 Å². The first-order chi connectivity index (χ1) is 8.99. The van der Waals surface area contributed by atoms with E-state index in [-0.39, 0.29) is 12.5 Å². The molecule has 100 valence electrons. The number of imidazole rings is 1. The Hall–Kier alpha value is -1.52. The van der Waals surface area contributed by atoms with Crippen LogP contribution in [-0.4, -0.2) is 10.5 Å². The Kier molecular flexibility index (Phi) is 4.12. The van der Waals surface area contributed by atoms with Crippen molar-refractivity contribution in [2.24, 2.45) is 7.05 Å². The summed E-state index contributed by atoms with van der Waals surface area (Å²) in [6.45, 7) is 2.16. The molecule has 0 bridgehead atoms. The average molecular weight is 299 g/mol. The van der Waals surface area contributed by atoms with Gasteiger partial charge in [-0.05, 0) is 12.1 Å². The fraction of sp³-hybridized carbons (Fsp3) is 0.231. The summed E-state index contributed by atoms with van der Waals surface area (Å²) < 4.78 is 3.79. The van der Waals surface area contributed by atoms with Crippen LogP contribution in [0.3, 0.4) is 0 Å². The van der Waals surface area contributed by atoms with Crippen LogP contribution in [-0.2, 0) is 18.4 Å². The van der Waals surface area contributed by atoms with E-state index in [9.17, 15) is 4.79 Å². The van der Waals surface area contributed by atoms with Crippen LogP contribution in [0.4, 0.5) is 5.69 Å². The molecular weight excluding hydrogens is 285 g/mol. The lowest BCUT2D eigenvalue weighted by molar-refractivity contribution is -0.677. The Bertz CT molecular complexity index is 602. The summed E-state index contributed by atoms with van der Waals surface area (Å²) in [5.41, 5.74) is 0.449. The standard InChI is InChI=1S/C13H13Cl2N3O/c1-9-17(2)6-7-18(9)8-12(19)16-13-10(14)4-3-5-11(13)15/h3-7H,8H2,1-2H3/p+1. The van der Waals surface area contributed by atoms with E-state index in [4.69, 9.17) is 23.2 Å². The largest absolute Gasteiger partial charge is 0.320 e. The fourth-order valence-corrected chi connectivity index (χ4v) is 2.21. The number of hydrogen-bond acceptors (Lipinski definition) is 1. The van der Waals surface area contributed by atoms with Gasteiger partial charge in [0.1, 0.15) is 12.4 Å². The number of anilines is 1. The molecule has 0 unspecified atom stereocenters. The van der Waals surface area contributed by atoms with Gasteiger partial charge < -0.3 is 5.32 Å². The van der Waals surface area contributed by atoms with Crippen molar-refractivity contribution in [3.05, 3.63) is 46.5 Å². The molecule has 1 N–H and O–H groups in total. The van der Waals surface area contributed by atoms with E-state index < -0.39 is 0 Å². The third-order valence-electron chi connectivity index (χ3n) is 2.94. The highest BCUT2D eigenvalue weighted by atomic mass is 35.5. The Balaban J connectivity index is 2.12. The minimum atomic E-state index is -0.172. The van der Waals surface area contributed by atoms with Crippen molar-refractivity contribution in [1.82, 2.24) is 4.57 Å². The van der Waals surface area contributed by atoms with Gasteiger partial charge in [0.25, 0.3) is 11.7 Å². The van der Waals surface area contributed by atoms with Gasteiger partial charge in [0.05, 0.1) is 22.8 Å². The number of carbonyl (C=O) groups excluding carboxylic acids is 1. The number of rotatable bonds is 3. The van der Waals surface area contributed by atoms with Crippen molar-refractivity contribution in [3.8, 4) is 0 Å². The SMILES string of the molecule is Cc1n(CC(=O)Nc2c(Cl)cccc2Cl)cc[n+]1C. The summed E-state index contributed by atoms with van der Waals surface area (Å²) in [5.74, 6) is 0.815. The molecule has 0 aliphatic heterocycles. The Morgan fingerprint density at radius 1 is 1.37 bits per heavy atom. The van der Waals surface area contributed by atoms with Crippen LogP contribution in [0.25, 0.3) is 0 Å². The molecule has 1 heterocycles. The third-order valence-corrected chi connectivity index (χ3v) is 3.57. The van der Waals surface area contributed by atoms with E-state index in [1.165, 1.54) is 0 Å². The summed E-state index contributed by atoms with van der Waals surface area (Å²) in [6.07, 6.45) is 3.74. The topological polar surface area (TPSA) is 37.9 Å². The summed E-state index contributed by atoms with van der Waals surface area (Å²) in [6, 6.07) is 5.10. The smallest absolute Gasteiger partial charge is 0.266 e. The minimum absolute atomic E-state index is 0.172. The van der Waals surface area contributed by atoms with Crippen molar-refractivity contribution in [3.63, 3.8) is 0 Å². The number of para-hydroxylation sites is 1. The molecule has 2 rings (SSSR count). The van der Waals surface area contributed by atoms with Crippen molar-refractivity contribution < 1.29 is 9.36 Å². The summed E-state index contributed by atoms with van der Waals surface area (Å²) in [7, 11) is 1.93. The predicted molar refractivity (Wildman–Crippen MR) is 75.4 cm³/mol. The maximum atomic E-state index is 12.0. The van der Waals surface area contributed by atoms with Gasteiger partial charge in [-0.2, -0.15) is 0 Å². The molecule has 2 aromatic rings. The Labute approximate surface area is 121 Å². The monoisotopic (exact) mass is 298 g/mol. The van der Waals surface area contributed by atoms with E-state index >= 15 is 0 Å². The predicted octanol–water partition coefficient (Wildman–Crippen LogP) is 2.57. The first kappa shape index (κ1) is 13.9. The number of aryl methyl sites for hydroxylation is 1. The molecular formula is C13H14Cl2N3O+. The molecule has 19 heavy (non-hydrogen) atoms. The first-order valence-corrected chi connectivity index (χ1v) is 6.50. The molecule has 0 aliphatic rings. The first-order valence-electron chi connectivity index (χ1n) is 5.74. The highest BCUT2D eigenvalue weighted by Gasteiger charge is 2.15. The van der Waals surface area contributed by atoms with Crippen LogP contribution in [0.1, 0.15) is 5.82 Å². The number of amides is 1. The molecule has 0 atom stereocenters. The zero-order valence-corrected chi connectivity index (χ0v) is 12.2. The number of nitrogens with one attached hydrogen (secondary N) is 1. The van der Waals surface area contributed by atoms with Crippen LogP contribution in [0.2, 0.25) is 10.0 Å². The van der Waals surface area contributed by atoms with Crippen LogP contribution < -0.4 is 9.88 Å². The van der Waals surface area contributed by atoms with Crippen LogP contribution >= 0.6 is 23.2 Å². The number of nitrogens with zero attached hydrogens (tertiary/aromatic N) is 2. The van der Waals surface area contributed by atoms with Crippen LogP contribution in [0.5, 0.6) is 0 Å². The van der Waals surface area contributed by atoms with E-state index in [2.05, 4.69) is 5.32 Å². The number of carbonyl (C=O) groups is 1. The highest BCUT2D eigenvalue weighted by molar-refractivity contribution is 6.39. The van der Waals surface area contributed by atoms with Gasteiger partial charge in [-0.25, -0.2) is 9.13 Å². The average Bonchev–Trinajstić information content (AvgIpc) is 2.66. The van der Waals surface area contributed by atoms with Gasteiger partial charge in [0.15, 0.2) is 6.54 Å². The van der Waals surface area contributed by atoms with Gasteiger partial charge >= 0.3 is 0 Å². The normalized spacial score (nSPS) is 10.5. The molecule has 0 radical (unpaired) electrons. The third kappa shape index (κ3) is 3.08. The van der Waals surface area contributed by atoms with Crippen LogP contribution in [0.15, 0.2) is 30.6 Å². The zero-order valence-electron chi connectivity index (χ0n) is 10.7.